The molecule has 22 heavy (non-hydrogen) atoms. The molecule has 1 aliphatic heterocycles. The SMILES string of the molecule is CCCCNC(=O)c1cc(C)nc(N2CCCCC2CC)n1. The molecule has 0 aromatic carbocycles. The summed E-state index contributed by atoms with van der Waals surface area (Å²) in [4.78, 5) is 23.6. The van der Waals surface area contributed by atoms with E-state index in [1.54, 1.807) is 6.07 Å². The van der Waals surface area contributed by atoms with Crippen LogP contribution in [0.2, 0.25) is 0 Å². The lowest BCUT2D eigenvalue weighted by Gasteiger charge is -2.35. The van der Waals surface area contributed by atoms with Crippen LogP contribution in [0.4, 0.5) is 5.95 Å². The quantitative estimate of drug-likeness (QED) is 0.821. The van der Waals surface area contributed by atoms with Gasteiger partial charge in [-0.2, -0.15) is 0 Å². The molecule has 1 fully saturated rings. The largest absolute Gasteiger partial charge is 0.351 e. The highest BCUT2D eigenvalue weighted by Crippen LogP contribution is 2.24. The van der Waals surface area contributed by atoms with Crippen LogP contribution in [0.15, 0.2) is 6.07 Å². The zero-order valence-electron chi connectivity index (χ0n) is 14.1. The van der Waals surface area contributed by atoms with Gasteiger partial charge >= 0.3 is 0 Å². The Morgan fingerprint density at radius 2 is 2.18 bits per heavy atom. The van der Waals surface area contributed by atoms with Gasteiger partial charge in [-0.05, 0) is 45.1 Å². The third-order valence-corrected chi connectivity index (χ3v) is 4.25. The Hall–Kier alpha value is -1.65. The molecule has 1 aromatic rings. The van der Waals surface area contributed by atoms with E-state index in [1.807, 2.05) is 6.92 Å². The van der Waals surface area contributed by atoms with Gasteiger partial charge < -0.3 is 10.2 Å². The zero-order chi connectivity index (χ0) is 15.9. The van der Waals surface area contributed by atoms with Crippen molar-refractivity contribution in [2.45, 2.75) is 65.3 Å². The minimum Gasteiger partial charge on any atom is -0.351 e. The van der Waals surface area contributed by atoms with Crippen LogP contribution >= 0.6 is 0 Å². The van der Waals surface area contributed by atoms with Gasteiger partial charge in [0.05, 0.1) is 0 Å². The highest BCUT2D eigenvalue weighted by Gasteiger charge is 2.24. The number of nitrogens with zero attached hydrogens (tertiary/aromatic N) is 3. The van der Waals surface area contributed by atoms with Crippen LogP contribution in [0.1, 0.15) is 68.6 Å². The van der Waals surface area contributed by atoms with Crippen molar-refractivity contribution in [2.75, 3.05) is 18.0 Å². The van der Waals surface area contributed by atoms with Crippen LogP contribution in [-0.4, -0.2) is 35.0 Å². The third-order valence-electron chi connectivity index (χ3n) is 4.25. The number of aromatic nitrogens is 2. The van der Waals surface area contributed by atoms with E-state index >= 15 is 0 Å². The Morgan fingerprint density at radius 3 is 2.91 bits per heavy atom. The van der Waals surface area contributed by atoms with Gasteiger partial charge in [-0.15, -0.1) is 0 Å². The van der Waals surface area contributed by atoms with Crippen LogP contribution in [0.25, 0.3) is 0 Å². The van der Waals surface area contributed by atoms with Crippen molar-refractivity contribution in [1.29, 1.82) is 0 Å². The maximum Gasteiger partial charge on any atom is 0.270 e. The van der Waals surface area contributed by atoms with Gasteiger partial charge in [-0.1, -0.05) is 20.3 Å². The number of amides is 1. The number of hydrogen-bond donors (Lipinski definition) is 1. The number of piperidine rings is 1. The first-order valence-electron chi connectivity index (χ1n) is 8.56. The average molecular weight is 304 g/mol. The lowest BCUT2D eigenvalue weighted by molar-refractivity contribution is 0.0948. The van der Waals surface area contributed by atoms with E-state index in [9.17, 15) is 4.79 Å². The van der Waals surface area contributed by atoms with E-state index in [4.69, 9.17) is 0 Å². The number of hydrogen-bond acceptors (Lipinski definition) is 4. The van der Waals surface area contributed by atoms with Gasteiger partial charge in [0, 0.05) is 24.8 Å². The van der Waals surface area contributed by atoms with Crippen LogP contribution in [0.3, 0.4) is 0 Å². The Balaban J connectivity index is 2.16. The van der Waals surface area contributed by atoms with Crippen LogP contribution < -0.4 is 10.2 Å². The smallest absolute Gasteiger partial charge is 0.270 e. The summed E-state index contributed by atoms with van der Waals surface area (Å²) in [6.45, 7) is 7.93. The summed E-state index contributed by atoms with van der Waals surface area (Å²) < 4.78 is 0. The van der Waals surface area contributed by atoms with Crippen molar-refractivity contribution in [1.82, 2.24) is 15.3 Å². The first-order chi connectivity index (χ1) is 10.7. The van der Waals surface area contributed by atoms with Gasteiger partial charge in [0.15, 0.2) is 0 Å². The molecular formula is C17H28N4O. The normalized spacial score (nSPS) is 18.3. The highest BCUT2D eigenvalue weighted by atomic mass is 16.1. The predicted molar refractivity (Wildman–Crippen MR) is 89.3 cm³/mol. The van der Waals surface area contributed by atoms with E-state index in [0.717, 1.165) is 31.5 Å². The minimum atomic E-state index is -0.0924. The summed E-state index contributed by atoms with van der Waals surface area (Å²) in [6, 6.07) is 2.27. The molecule has 1 aromatic heterocycles. The predicted octanol–water partition coefficient (Wildman–Crippen LogP) is 3.08. The molecule has 2 heterocycles. The fourth-order valence-electron chi connectivity index (χ4n) is 2.96. The molecule has 5 heteroatoms. The molecular weight excluding hydrogens is 276 g/mol. The van der Waals surface area contributed by atoms with Crippen molar-refractivity contribution >= 4 is 11.9 Å². The van der Waals surface area contributed by atoms with Crippen LogP contribution in [0, 0.1) is 6.92 Å². The number of carbonyl (C=O) groups is 1. The molecule has 0 spiro atoms. The second kappa shape index (κ2) is 8.11. The summed E-state index contributed by atoms with van der Waals surface area (Å²) in [5.74, 6) is 0.623. The summed E-state index contributed by atoms with van der Waals surface area (Å²) >= 11 is 0. The molecule has 122 valence electrons. The summed E-state index contributed by atoms with van der Waals surface area (Å²) in [7, 11) is 0. The number of carbonyl (C=O) groups excluding carboxylic acids is 1. The molecule has 1 saturated heterocycles. The van der Waals surface area contributed by atoms with Crippen molar-refractivity contribution in [2.24, 2.45) is 0 Å². The van der Waals surface area contributed by atoms with Crippen LogP contribution in [-0.2, 0) is 0 Å². The van der Waals surface area contributed by atoms with Gasteiger partial charge in [0.2, 0.25) is 5.95 Å². The van der Waals surface area contributed by atoms with Crippen molar-refractivity contribution in [3.05, 3.63) is 17.5 Å². The molecule has 1 unspecified atom stereocenters. The van der Waals surface area contributed by atoms with Gasteiger partial charge in [0.1, 0.15) is 5.69 Å². The molecule has 5 nitrogen and oxygen atoms in total. The minimum absolute atomic E-state index is 0.0924. The van der Waals surface area contributed by atoms with E-state index in [1.165, 1.54) is 19.3 Å². The maximum atomic E-state index is 12.2. The monoisotopic (exact) mass is 304 g/mol. The van der Waals surface area contributed by atoms with Gasteiger partial charge in [-0.3, -0.25) is 4.79 Å². The van der Waals surface area contributed by atoms with Gasteiger partial charge in [-0.25, -0.2) is 9.97 Å². The molecule has 1 atom stereocenters. The molecule has 0 bridgehead atoms. The van der Waals surface area contributed by atoms with E-state index in [-0.39, 0.29) is 5.91 Å². The molecule has 0 saturated carbocycles. The third kappa shape index (κ3) is 4.18. The molecule has 0 radical (unpaired) electrons. The molecule has 2 rings (SSSR count). The number of aryl methyl sites for hydroxylation is 1. The van der Waals surface area contributed by atoms with Crippen molar-refractivity contribution in [3.8, 4) is 0 Å². The highest BCUT2D eigenvalue weighted by molar-refractivity contribution is 5.92. The van der Waals surface area contributed by atoms with Gasteiger partial charge in [0.25, 0.3) is 5.91 Å². The summed E-state index contributed by atoms with van der Waals surface area (Å²) in [6.07, 6.45) is 6.78. The lowest BCUT2D eigenvalue weighted by Crippen LogP contribution is -2.40. The average Bonchev–Trinajstić information content (AvgIpc) is 2.54. The second-order valence-corrected chi connectivity index (χ2v) is 6.06. The molecule has 1 amide bonds. The van der Waals surface area contributed by atoms with Crippen molar-refractivity contribution < 1.29 is 4.79 Å². The van der Waals surface area contributed by atoms with E-state index in [2.05, 4.69) is 34.0 Å². The fraction of sp³-hybridized carbons (Fsp3) is 0.706. The lowest BCUT2D eigenvalue weighted by atomic mass is 10.0. The fourth-order valence-corrected chi connectivity index (χ4v) is 2.96. The first-order valence-corrected chi connectivity index (χ1v) is 8.56. The number of anilines is 1. The summed E-state index contributed by atoms with van der Waals surface area (Å²) in [5, 5.41) is 2.93. The Kier molecular flexibility index (Phi) is 6.16. The first kappa shape index (κ1) is 16.7. The van der Waals surface area contributed by atoms with Crippen molar-refractivity contribution in [3.63, 3.8) is 0 Å². The molecule has 1 aliphatic rings. The van der Waals surface area contributed by atoms with E-state index < -0.39 is 0 Å². The van der Waals surface area contributed by atoms with Crippen LogP contribution in [0.5, 0.6) is 0 Å². The Bertz CT molecular complexity index is 503. The Labute approximate surface area is 133 Å². The summed E-state index contributed by atoms with van der Waals surface area (Å²) in [5.41, 5.74) is 1.34. The standard InChI is InChI=1S/C17H28N4O/c1-4-6-10-18-16(22)15-12-13(3)19-17(20-15)21-11-8-7-9-14(21)5-2/h12,14H,4-11H2,1-3H3,(H,18,22). The molecule has 0 aliphatic carbocycles. The molecule has 1 N–H and O–H groups in total. The number of rotatable bonds is 6. The Morgan fingerprint density at radius 1 is 1.36 bits per heavy atom. The topological polar surface area (TPSA) is 58.1 Å². The number of nitrogens with one attached hydrogen (secondary N) is 1. The number of unbranched alkanes of at least 4 members (excludes halogenated alkanes) is 1. The second-order valence-electron chi connectivity index (χ2n) is 6.06. The zero-order valence-corrected chi connectivity index (χ0v) is 14.1. The van der Waals surface area contributed by atoms with E-state index in [0.29, 0.717) is 24.2 Å². The maximum absolute atomic E-state index is 12.2.